The van der Waals surface area contributed by atoms with Crippen molar-refractivity contribution in [2.45, 2.75) is 0 Å². The second kappa shape index (κ2) is 11.6. The summed E-state index contributed by atoms with van der Waals surface area (Å²) in [7, 11) is 0. The van der Waals surface area contributed by atoms with Gasteiger partial charge < -0.3 is 19.8 Å². The molecule has 0 spiro atoms. The molecule has 0 atom stereocenters. The number of carboxylic acids is 2. The maximum Gasteiger partial charge on any atom is 0.142 e. The predicted molar refractivity (Wildman–Crippen MR) is 77.8 cm³/mol. The molecule has 0 radical (unpaired) electrons. The Morgan fingerprint density at radius 2 is 1.05 bits per heavy atom. The fraction of sp³-hybridized carbons (Fsp3) is 0. The lowest BCUT2D eigenvalue weighted by molar-refractivity contribution is -0.256. The molecule has 0 bridgehead atoms. The molecule has 0 aliphatic rings. The van der Waals surface area contributed by atoms with Crippen LogP contribution in [-0.2, 0) is 4.79 Å². The SMILES string of the molecule is C=CC=O.O=C([O-])c1ccccc1.O=C([O-])c1ccccc1. The number of aldehydes is 1. The molecule has 0 aliphatic carbocycles. The summed E-state index contributed by atoms with van der Waals surface area (Å²) < 4.78 is 0. The van der Waals surface area contributed by atoms with Crippen LogP contribution in [0.4, 0.5) is 0 Å². The van der Waals surface area contributed by atoms with Crippen molar-refractivity contribution < 1.29 is 24.6 Å². The van der Waals surface area contributed by atoms with Gasteiger partial charge in [-0.2, -0.15) is 0 Å². The molecule has 2 aromatic carbocycles. The van der Waals surface area contributed by atoms with Crippen molar-refractivity contribution >= 4 is 18.2 Å². The van der Waals surface area contributed by atoms with Crippen LogP contribution in [0, 0.1) is 0 Å². The average molecular weight is 298 g/mol. The van der Waals surface area contributed by atoms with E-state index in [0.717, 1.165) is 0 Å². The Kier molecular flexibility index (Phi) is 9.91. The molecular weight excluding hydrogens is 284 g/mol. The van der Waals surface area contributed by atoms with Gasteiger partial charge in [0, 0.05) is 0 Å². The Morgan fingerprint density at radius 1 is 0.773 bits per heavy atom. The number of hydrogen-bond donors (Lipinski definition) is 0. The number of rotatable bonds is 3. The summed E-state index contributed by atoms with van der Waals surface area (Å²) in [4.78, 5) is 29.2. The molecule has 0 aliphatic heterocycles. The number of carboxylic acid groups (broad SMARTS) is 2. The first kappa shape index (κ1) is 18.8. The van der Waals surface area contributed by atoms with Crippen molar-refractivity contribution in [1.82, 2.24) is 0 Å². The molecule has 114 valence electrons. The molecule has 0 heterocycles. The summed E-state index contributed by atoms with van der Waals surface area (Å²) in [6.07, 6.45) is 1.83. The summed E-state index contributed by atoms with van der Waals surface area (Å²) in [5.74, 6) is -2.26. The Morgan fingerprint density at radius 3 is 1.18 bits per heavy atom. The summed E-state index contributed by atoms with van der Waals surface area (Å²) in [6.45, 7) is 3.11. The fourth-order valence-corrected chi connectivity index (χ4v) is 1.15. The zero-order valence-corrected chi connectivity index (χ0v) is 11.7. The molecular formula is C17H14O5-2. The molecule has 22 heavy (non-hydrogen) atoms. The first-order chi connectivity index (χ1) is 10.5. The monoisotopic (exact) mass is 298 g/mol. The Hall–Kier alpha value is -3.21. The van der Waals surface area contributed by atoms with E-state index in [1.807, 2.05) is 0 Å². The topological polar surface area (TPSA) is 97.3 Å². The standard InChI is InChI=1S/2C7H6O2.C3H4O/c2*8-7(9)6-4-2-1-3-5-6;1-2-3-4/h2*1-5H,(H,8,9);2-3H,1H2/p-2. The van der Waals surface area contributed by atoms with Gasteiger partial charge in [-0.1, -0.05) is 67.2 Å². The van der Waals surface area contributed by atoms with E-state index in [0.29, 0.717) is 6.29 Å². The molecule has 0 aromatic heterocycles. The van der Waals surface area contributed by atoms with E-state index in [1.165, 1.54) is 30.3 Å². The number of aromatic carboxylic acids is 2. The lowest BCUT2D eigenvalue weighted by atomic mass is 10.2. The quantitative estimate of drug-likeness (QED) is 0.606. The number of benzene rings is 2. The van der Waals surface area contributed by atoms with E-state index >= 15 is 0 Å². The van der Waals surface area contributed by atoms with E-state index in [-0.39, 0.29) is 11.1 Å². The molecule has 2 rings (SSSR count). The first-order valence-corrected chi connectivity index (χ1v) is 6.12. The Bertz CT molecular complexity index is 535. The third-order valence-electron chi connectivity index (χ3n) is 2.12. The third-order valence-corrected chi connectivity index (χ3v) is 2.12. The molecule has 2 aromatic rings. The number of carbonyl (C=O) groups excluding carboxylic acids is 3. The zero-order valence-electron chi connectivity index (χ0n) is 11.7. The van der Waals surface area contributed by atoms with E-state index < -0.39 is 11.9 Å². The highest BCUT2D eigenvalue weighted by Gasteiger charge is 1.86. The van der Waals surface area contributed by atoms with Crippen LogP contribution in [0.2, 0.25) is 0 Å². The number of hydrogen-bond acceptors (Lipinski definition) is 5. The zero-order chi connectivity index (χ0) is 16.8. The Labute approximate surface area is 128 Å². The second-order valence-corrected chi connectivity index (χ2v) is 3.68. The minimum Gasteiger partial charge on any atom is -0.545 e. The predicted octanol–water partition coefficient (Wildman–Crippen LogP) is 0.471. The van der Waals surface area contributed by atoms with Gasteiger partial charge in [0.25, 0.3) is 0 Å². The molecule has 0 N–H and O–H groups in total. The molecule has 0 amide bonds. The van der Waals surface area contributed by atoms with Gasteiger partial charge in [-0.05, 0) is 17.2 Å². The lowest BCUT2D eigenvalue weighted by Gasteiger charge is -1.97. The maximum atomic E-state index is 10.1. The van der Waals surface area contributed by atoms with Crippen LogP contribution in [0.15, 0.2) is 73.3 Å². The number of carbonyl (C=O) groups is 3. The highest BCUT2D eigenvalue weighted by molar-refractivity contribution is 5.85. The highest BCUT2D eigenvalue weighted by atomic mass is 16.4. The van der Waals surface area contributed by atoms with Gasteiger partial charge in [0.05, 0.1) is 11.9 Å². The average Bonchev–Trinajstić information content (AvgIpc) is 2.57. The minimum atomic E-state index is -1.13. The van der Waals surface area contributed by atoms with Crippen LogP contribution in [0.5, 0.6) is 0 Å². The van der Waals surface area contributed by atoms with Gasteiger partial charge >= 0.3 is 0 Å². The van der Waals surface area contributed by atoms with Crippen LogP contribution >= 0.6 is 0 Å². The van der Waals surface area contributed by atoms with E-state index in [4.69, 9.17) is 4.79 Å². The summed E-state index contributed by atoms with van der Waals surface area (Å²) in [5.41, 5.74) is 0.440. The van der Waals surface area contributed by atoms with Gasteiger partial charge in [0.1, 0.15) is 6.29 Å². The van der Waals surface area contributed by atoms with Crippen molar-refractivity contribution in [3.8, 4) is 0 Å². The van der Waals surface area contributed by atoms with Crippen molar-refractivity contribution in [2.75, 3.05) is 0 Å². The van der Waals surface area contributed by atoms with E-state index in [1.54, 1.807) is 36.4 Å². The first-order valence-electron chi connectivity index (χ1n) is 6.12. The number of allylic oxidation sites excluding steroid dienone is 1. The van der Waals surface area contributed by atoms with Gasteiger partial charge in [-0.25, -0.2) is 0 Å². The van der Waals surface area contributed by atoms with E-state index in [9.17, 15) is 19.8 Å². The molecule has 5 nitrogen and oxygen atoms in total. The Balaban J connectivity index is 0.000000326. The summed E-state index contributed by atoms with van der Waals surface area (Å²) in [6, 6.07) is 16.1. The normalized spacial score (nSPS) is 8.18. The molecule has 0 unspecified atom stereocenters. The van der Waals surface area contributed by atoms with Gasteiger partial charge in [-0.3, -0.25) is 4.79 Å². The van der Waals surface area contributed by atoms with Crippen molar-refractivity contribution in [3.63, 3.8) is 0 Å². The van der Waals surface area contributed by atoms with Gasteiger partial charge in [-0.15, -0.1) is 0 Å². The van der Waals surface area contributed by atoms with Crippen LogP contribution in [0.25, 0.3) is 0 Å². The fourth-order valence-electron chi connectivity index (χ4n) is 1.15. The highest BCUT2D eigenvalue weighted by Crippen LogP contribution is 1.95. The van der Waals surface area contributed by atoms with Crippen LogP contribution in [-0.4, -0.2) is 18.2 Å². The molecule has 5 heteroatoms. The van der Waals surface area contributed by atoms with Gasteiger partial charge in [0.2, 0.25) is 0 Å². The molecule has 0 fully saturated rings. The van der Waals surface area contributed by atoms with Crippen LogP contribution in [0.1, 0.15) is 20.7 Å². The van der Waals surface area contributed by atoms with Gasteiger partial charge in [0.15, 0.2) is 0 Å². The smallest absolute Gasteiger partial charge is 0.142 e. The van der Waals surface area contributed by atoms with E-state index in [2.05, 4.69) is 6.58 Å². The molecule has 0 saturated heterocycles. The molecule has 0 saturated carbocycles. The second-order valence-electron chi connectivity index (χ2n) is 3.68. The minimum absolute atomic E-state index is 0.220. The third kappa shape index (κ3) is 8.82. The van der Waals surface area contributed by atoms with Crippen LogP contribution < -0.4 is 10.2 Å². The largest absolute Gasteiger partial charge is 0.545 e. The van der Waals surface area contributed by atoms with Crippen molar-refractivity contribution in [2.24, 2.45) is 0 Å². The van der Waals surface area contributed by atoms with Crippen molar-refractivity contribution in [3.05, 3.63) is 84.4 Å². The van der Waals surface area contributed by atoms with Crippen LogP contribution in [0.3, 0.4) is 0 Å². The summed E-state index contributed by atoms with van der Waals surface area (Å²) in [5, 5.41) is 20.2. The lowest BCUT2D eigenvalue weighted by Crippen LogP contribution is -2.21. The summed E-state index contributed by atoms with van der Waals surface area (Å²) >= 11 is 0. The van der Waals surface area contributed by atoms with Crippen molar-refractivity contribution in [1.29, 1.82) is 0 Å². The maximum absolute atomic E-state index is 10.1.